The second-order valence-corrected chi connectivity index (χ2v) is 1.60. The van der Waals surface area contributed by atoms with Crippen LogP contribution in [0.15, 0.2) is 0 Å². The summed E-state index contributed by atoms with van der Waals surface area (Å²) in [4.78, 5) is 0. The molecule has 0 aromatic carbocycles. The standard InChI is InChI=1S/C6H11N.ClH/c1-4-5-6(2)7-3;/h1,6-7H,5H2,2-3H3;1H. The topological polar surface area (TPSA) is 12.0 Å². The minimum Gasteiger partial charge on any atom is -0.316 e. The first-order chi connectivity index (χ1) is 3.31. The Morgan fingerprint density at radius 3 is 2.38 bits per heavy atom. The normalized spacial score (nSPS) is 11.1. The van der Waals surface area contributed by atoms with E-state index in [9.17, 15) is 0 Å². The van der Waals surface area contributed by atoms with Crippen molar-refractivity contribution in [3.63, 3.8) is 0 Å². The molecule has 0 fully saturated rings. The van der Waals surface area contributed by atoms with Gasteiger partial charge in [0.15, 0.2) is 0 Å². The first-order valence-electron chi connectivity index (χ1n) is 2.42. The van der Waals surface area contributed by atoms with Gasteiger partial charge in [0.2, 0.25) is 0 Å². The lowest BCUT2D eigenvalue weighted by atomic mass is 10.2. The van der Waals surface area contributed by atoms with E-state index in [1.165, 1.54) is 0 Å². The predicted octanol–water partition coefficient (Wildman–Crippen LogP) is 1.04. The monoisotopic (exact) mass is 133 g/mol. The lowest BCUT2D eigenvalue weighted by Crippen LogP contribution is -2.19. The summed E-state index contributed by atoms with van der Waals surface area (Å²) in [5.74, 6) is 2.56. The molecule has 0 saturated carbocycles. The second-order valence-electron chi connectivity index (χ2n) is 1.60. The molecule has 1 atom stereocenters. The van der Waals surface area contributed by atoms with Gasteiger partial charge in [-0.15, -0.1) is 24.8 Å². The molecule has 1 nitrogen and oxygen atoms in total. The molecule has 0 amide bonds. The van der Waals surface area contributed by atoms with E-state index < -0.39 is 0 Å². The number of halogens is 1. The summed E-state index contributed by atoms with van der Waals surface area (Å²) in [6.07, 6.45) is 5.83. The average molecular weight is 134 g/mol. The van der Waals surface area contributed by atoms with Crippen molar-refractivity contribution < 1.29 is 0 Å². The van der Waals surface area contributed by atoms with Crippen molar-refractivity contribution in [2.75, 3.05) is 7.05 Å². The highest BCUT2D eigenvalue weighted by molar-refractivity contribution is 5.85. The molecule has 0 aliphatic heterocycles. The Labute approximate surface area is 57.3 Å². The van der Waals surface area contributed by atoms with Crippen LogP contribution < -0.4 is 5.32 Å². The summed E-state index contributed by atoms with van der Waals surface area (Å²) in [5, 5.41) is 3.02. The van der Waals surface area contributed by atoms with Gasteiger partial charge in [0, 0.05) is 12.5 Å². The van der Waals surface area contributed by atoms with Crippen molar-refractivity contribution in [1.82, 2.24) is 5.32 Å². The van der Waals surface area contributed by atoms with Crippen LogP contribution in [0.3, 0.4) is 0 Å². The summed E-state index contributed by atoms with van der Waals surface area (Å²) in [6.45, 7) is 2.06. The fourth-order valence-corrected chi connectivity index (χ4v) is 0.279. The summed E-state index contributed by atoms with van der Waals surface area (Å²) in [5.41, 5.74) is 0. The Kier molecular flexibility index (Phi) is 9.13. The molecule has 1 N–H and O–H groups in total. The molecule has 48 valence electrons. The van der Waals surface area contributed by atoms with Gasteiger partial charge in [0.25, 0.3) is 0 Å². The summed E-state index contributed by atoms with van der Waals surface area (Å²) in [6, 6.07) is 0.463. The van der Waals surface area contributed by atoms with Crippen molar-refractivity contribution in [2.45, 2.75) is 19.4 Å². The van der Waals surface area contributed by atoms with E-state index in [2.05, 4.69) is 18.2 Å². The molecule has 0 radical (unpaired) electrons. The molecule has 0 aromatic rings. The van der Waals surface area contributed by atoms with E-state index in [0.29, 0.717) is 6.04 Å². The Bertz CT molecular complexity index is 75.1. The zero-order chi connectivity index (χ0) is 5.70. The maximum absolute atomic E-state index is 5.01. The van der Waals surface area contributed by atoms with Gasteiger partial charge in [-0.2, -0.15) is 0 Å². The fourth-order valence-electron chi connectivity index (χ4n) is 0.279. The molecule has 0 rings (SSSR count). The van der Waals surface area contributed by atoms with E-state index in [4.69, 9.17) is 6.42 Å². The fraction of sp³-hybridized carbons (Fsp3) is 0.667. The van der Waals surface area contributed by atoms with Crippen LogP contribution in [-0.4, -0.2) is 13.1 Å². The molecule has 0 spiro atoms. The van der Waals surface area contributed by atoms with E-state index in [0.717, 1.165) is 6.42 Å². The molecule has 8 heavy (non-hydrogen) atoms. The Hall–Kier alpha value is -0.190. The Balaban J connectivity index is 0. The SMILES string of the molecule is C#CCC(C)NC.Cl. The molecule has 0 bridgehead atoms. The van der Waals surface area contributed by atoms with Gasteiger partial charge in [-0.3, -0.25) is 0 Å². The summed E-state index contributed by atoms with van der Waals surface area (Å²) in [7, 11) is 1.90. The van der Waals surface area contributed by atoms with Crippen molar-refractivity contribution in [3.8, 4) is 12.3 Å². The third-order valence-electron chi connectivity index (χ3n) is 0.917. The van der Waals surface area contributed by atoms with Crippen LogP contribution in [0.25, 0.3) is 0 Å². The van der Waals surface area contributed by atoms with E-state index in [1.807, 2.05) is 7.05 Å². The highest BCUT2D eigenvalue weighted by Gasteiger charge is 1.89. The van der Waals surface area contributed by atoms with Crippen LogP contribution in [0.4, 0.5) is 0 Å². The maximum Gasteiger partial charge on any atom is 0.0237 e. The highest BCUT2D eigenvalue weighted by atomic mass is 35.5. The molecule has 2 heteroatoms. The minimum absolute atomic E-state index is 0. The first kappa shape index (κ1) is 10.7. The van der Waals surface area contributed by atoms with Gasteiger partial charge in [0.05, 0.1) is 0 Å². The smallest absolute Gasteiger partial charge is 0.0237 e. The maximum atomic E-state index is 5.01. The van der Waals surface area contributed by atoms with Crippen LogP contribution in [0.1, 0.15) is 13.3 Å². The lowest BCUT2D eigenvalue weighted by Gasteiger charge is -2.01. The second kappa shape index (κ2) is 6.81. The van der Waals surface area contributed by atoms with E-state index in [1.54, 1.807) is 0 Å². The number of hydrogen-bond acceptors (Lipinski definition) is 1. The van der Waals surface area contributed by atoms with Crippen LogP contribution in [-0.2, 0) is 0 Å². The van der Waals surface area contributed by atoms with Gasteiger partial charge < -0.3 is 5.32 Å². The van der Waals surface area contributed by atoms with Crippen LogP contribution >= 0.6 is 12.4 Å². The average Bonchev–Trinajstić information content (AvgIpc) is 1.68. The van der Waals surface area contributed by atoms with Gasteiger partial charge >= 0.3 is 0 Å². The summed E-state index contributed by atoms with van der Waals surface area (Å²) >= 11 is 0. The molecule has 0 heterocycles. The van der Waals surface area contributed by atoms with E-state index >= 15 is 0 Å². The van der Waals surface area contributed by atoms with Gasteiger partial charge in [-0.1, -0.05) is 0 Å². The largest absolute Gasteiger partial charge is 0.316 e. The van der Waals surface area contributed by atoms with Crippen molar-refractivity contribution in [1.29, 1.82) is 0 Å². The van der Waals surface area contributed by atoms with Crippen molar-refractivity contribution in [2.24, 2.45) is 0 Å². The van der Waals surface area contributed by atoms with Gasteiger partial charge in [0.1, 0.15) is 0 Å². The van der Waals surface area contributed by atoms with Crippen LogP contribution in [0.2, 0.25) is 0 Å². The molecular weight excluding hydrogens is 122 g/mol. The number of hydrogen-bond donors (Lipinski definition) is 1. The van der Waals surface area contributed by atoms with Crippen LogP contribution in [0, 0.1) is 12.3 Å². The molecule has 0 aliphatic carbocycles. The number of nitrogens with one attached hydrogen (secondary N) is 1. The first-order valence-corrected chi connectivity index (χ1v) is 2.42. The zero-order valence-electron chi connectivity index (χ0n) is 5.27. The van der Waals surface area contributed by atoms with Crippen molar-refractivity contribution in [3.05, 3.63) is 0 Å². The minimum atomic E-state index is 0. The third kappa shape index (κ3) is 5.81. The molecule has 1 unspecified atom stereocenters. The predicted molar refractivity (Wildman–Crippen MR) is 39.2 cm³/mol. The summed E-state index contributed by atoms with van der Waals surface area (Å²) < 4.78 is 0. The Morgan fingerprint density at radius 1 is 1.75 bits per heavy atom. The lowest BCUT2D eigenvalue weighted by molar-refractivity contribution is 0.628. The quantitative estimate of drug-likeness (QED) is 0.555. The highest BCUT2D eigenvalue weighted by Crippen LogP contribution is 1.82. The van der Waals surface area contributed by atoms with Crippen molar-refractivity contribution >= 4 is 12.4 Å². The zero-order valence-corrected chi connectivity index (χ0v) is 6.09. The van der Waals surface area contributed by atoms with E-state index in [-0.39, 0.29) is 12.4 Å². The molecular formula is C6H12ClN. The number of rotatable bonds is 2. The van der Waals surface area contributed by atoms with Gasteiger partial charge in [-0.25, -0.2) is 0 Å². The van der Waals surface area contributed by atoms with Gasteiger partial charge in [-0.05, 0) is 14.0 Å². The third-order valence-corrected chi connectivity index (χ3v) is 0.917. The number of terminal acetylenes is 1. The Morgan fingerprint density at radius 2 is 2.25 bits per heavy atom. The molecule has 0 aliphatic rings. The molecule has 0 saturated heterocycles. The molecule has 0 aromatic heterocycles. The van der Waals surface area contributed by atoms with Crippen LogP contribution in [0.5, 0.6) is 0 Å².